The van der Waals surface area contributed by atoms with Gasteiger partial charge in [0.25, 0.3) is 0 Å². The van der Waals surface area contributed by atoms with Gasteiger partial charge in [0.1, 0.15) is 0 Å². The van der Waals surface area contributed by atoms with Crippen LogP contribution in [0.1, 0.15) is 31.1 Å². The molecule has 0 unspecified atom stereocenters. The summed E-state index contributed by atoms with van der Waals surface area (Å²) < 4.78 is 25.6. The zero-order valence-corrected chi connectivity index (χ0v) is 10.5. The largest absolute Gasteiger partial charge is 0.348 e. The standard InChI is InChI=1S/C13H15F2NO2/c1-13(2,3)12(18)16-7-11(17)8-4-5-9(14)10(15)6-8/h4-6H,7H2,1-3H3,(H,16,18). The van der Waals surface area contributed by atoms with Gasteiger partial charge in [-0.2, -0.15) is 0 Å². The molecule has 0 heterocycles. The van der Waals surface area contributed by atoms with E-state index in [2.05, 4.69) is 5.32 Å². The van der Waals surface area contributed by atoms with Crippen LogP contribution in [-0.2, 0) is 4.79 Å². The van der Waals surface area contributed by atoms with Gasteiger partial charge in [0.2, 0.25) is 5.91 Å². The lowest BCUT2D eigenvalue weighted by Gasteiger charge is -2.17. The van der Waals surface area contributed by atoms with E-state index in [4.69, 9.17) is 0 Å². The molecule has 0 saturated carbocycles. The van der Waals surface area contributed by atoms with Gasteiger partial charge in [0, 0.05) is 11.0 Å². The van der Waals surface area contributed by atoms with E-state index in [0.29, 0.717) is 0 Å². The highest BCUT2D eigenvalue weighted by molar-refractivity contribution is 5.99. The second kappa shape index (κ2) is 5.25. The number of rotatable bonds is 3. The SMILES string of the molecule is CC(C)(C)C(=O)NCC(=O)c1ccc(F)c(F)c1. The predicted molar refractivity (Wildman–Crippen MR) is 63.2 cm³/mol. The summed E-state index contributed by atoms with van der Waals surface area (Å²) >= 11 is 0. The van der Waals surface area contributed by atoms with E-state index in [1.165, 1.54) is 6.07 Å². The van der Waals surface area contributed by atoms with E-state index in [1.54, 1.807) is 20.8 Å². The monoisotopic (exact) mass is 255 g/mol. The molecule has 3 nitrogen and oxygen atoms in total. The summed E-state index contributed by atoms with van der Waals surface area (Å²) in [5.41, 5.74) is -0.572. The maximum Gasteiger partial charge on any atom is 0.225 e. The first-order chi connectivity index (χ1) is 8.21. The molecule has 0 aliphatic carbocycles. The van der Waals surface area contributed by atoms with Crippen molar-refractivity contribution in [1.82, 2.24) is 5.32 Å². The number of hydrogen-bond acceptors (Lipinski definition) is 2. The van der Waals surface area contributed by atoms with Crippen molar-refractivity contribution in [3.8, 4) is 0 Å². The number of amides is 1. The number of nitrogens with one attached hydrogen (secondary N) is 1. The lowest BCUT2D eigenvalue weighted by molar-refractivity contribution is -0.128. The van der Waals surface area contributed by atoms with E-state index in [0.717, 1.165) is 12.1 Å². The van der Waals surface area contributed by atoms with E-state index < -0.39 is 22.8 Å². The van der Waals surface area contributed by atoms with Gasteiger partial charge in [0.15, 0.2) is 17.4 Å². The Balaban J connectivity index is 2.66. The molecule has 0 saturated heterocycles. The van der Waals surface area contributed by atoms with Crippen LogP contribution in [0.25, 0.3) is 0 Å². The van der Waals surface area contributed by atoms with Crippen LogP contribution in [-0.4, -0.2) is 18.2 Å². The lowest BCUT2D eigenvalue weighted by atomic mass is 9.95. The zero-order valence-electron chi connectivity index (χ0n) is 10.5. The van der Waals surface area contributed by atoms with Crippen LogP contribution in [0.5, 0.6) is 0 Å². The summed E-state index contributed by atoms with van der Waals surface area (Å²) in [7, 11) is 0. The molecule has 0 radical (unpaired) electrons. The maximum absolute atomic E-state index is 12.9. The van der Waals surface area contributed by atoms with E-state index in [1.807, 2.05) is 0 Å². The Kier molecular flexibility index (Phi) is 4.16. The van der Waals surface area contributed by atoms with Crippen LogP contribution in [0.2, 0.25) is 0 Å². The van der Waals surface area contributed by atoms with Gasteiger partial charge in [-0.25, -0.2) is 8.78 Å². The minimum atomic E-state index is -1.08. The fourth-order valence-corrected chi connectivity index (χ4v) is 1.20. The quantitative estimate of drug-likeness (QED) is 0.842. The Morgan fingerprint density at radius 2 is 1.78 bits per heavy atom. The average Bonchev–Trinajstić information content (AvgIpc) is 2.27. The maximum atomic E-state index is 12.9. The number of ketones is 1. The van der Waals surface area contributed by atoms with Crippen molar-refractivity contribution >= 4 is 11.7 Å². The molecule has 0 aliphatic rings. The topological polar surface area (TPSA) is 46.2 Å². The first-order valence-corrected chi connectivity index (χ1v) is 5.48. The first-order valence-electron chi connectivity index (χ1n) is 5.48. The molecular formula is C13H15F2NO2. The van der Waals surface area contributed by atoms with Crippen molar-refractivity contribution in [2.24, 2.45) is 5.41 Å². The van der Waals surface area contributed by atoms with Crippen LogP contribution in [0.3, 0.4) is 0 Å². The van der Waals surface area contributed by atoms with Crippen LogP contribution in [0.4, 0.5) is 8.78 Å². The molecule has 0 bridgehead atoms. The Bertz CT molecular complexity index is 478. The normalized spacial score (nSPS) is 11.2. The number of carbonyl (C=O) groups is 2. The summed E-state index contributed by atoms with van der Waals surface area (Å²) in [6, 6.07) is 2.89. The lowest BCUT2D eigenvalue weighted by Crippen LogP contribution is -2.37. The number of benzene rings is 1. The van der Waals surface area contributed by atoms with Gasteiger partial charge in [0.05, 0.1) is 6.54 Å². The molecule has 0 spiro atoms. The molecule has 1 aromatic carbocycles. The zero-order chi connectivity index (χ0) is 13.9. The summed E-state index contributed by atoms with van der Waals surface area (Å²) in [6.07, 6.45) is 0. The molecule has 0 aromatic heterocycles. The molecule has 1 N–H and O–H groups in total. The third-order valence-electron chi connectivity index (χ3n) is 2.33. The third-order valence-corrected chi connectivity index (χ3v) is 2.33. The molecule has 1 aromatic rings. The van der Waals surface area contributed by atoms with Gasteiger partial charge >= 0.3 is 0 Å². The number of carbonyl (C=O) groups excluding carboxylic acids is 2. The predicted octanol–water partition coefficient (Wildman–Crippen LogP) is 2.31. The Morgan fingerprint density at radius 1 is 1.17 bits per heavy atom. The number of Topliss-reactive ketones (excluding diaryl/α,β-unsaturated/α-hetero) is 1. The second-order valence-electron chi connectivity index (χ2n) is 4.98. The van der Waals surface area contributed by atoms with Gasteiger partial charge in [-0.15, -0.1) is 0 Å². The first kappa shape index (κ1) is 14.3. The molecule has 1 rings (SSSR count). The smallest absolute Gasteiger partial charge is 0.225 e. The fraction of sp³-hybridized carbons (Fsp3) is 0.385. The molecule has 1 amide bonds. The van der Waals surface area contributed by atoms with Crippen LogP contribution in [0.15, 0.2) is 18.2 Å². The van der Waals surface area contributed by atoms with Crippen molar-refractivity contribution < 1.29 is 18.4 Å². The number of hydrogen-bond donors (Lipinski definition) is 1. The van der Waals surface area contributed by atoms with Crippen molar-refractivity contribution in [3.63, 3.8) is 0 Å². The summed E-state index contributed by atoms with van der Waals surface area (Å²) in [5.74, 6) is -2.83. The van der Waals surface area contributed by atoms with E-state index in [9.17, 15) is 18.4 Å². The molecule has 0 atom stereocenters. The van der Waals surface area contributed by atoms with Crippen LogP contribution >= 0.6 is 0 Å². The van der Waals surface area contributed by atoms with Crippen molar-refractivity contribution in [2.75, 3.05) is 6.54 Å². The minimum Gasteiger partial charge on any atom is -0.348 e. The van der Waals surface area contributed by atoms with Crippen molar-refractivity contribution in [3.05, 3.63) is 35.4 Å². The summed E-state index contributed by atoms with van der Waals surface area (Å²) in [6.45, 7) is 4.90. The molecule has 18 heavy (non-hydrogen) atoms. The molecule has 5 heteroatoms. The van der Waals surface area contributed by atoms with Crippen molar-refractivity contribution in [1.29, 1.82) is 0 Å². The average molecular weight is 255 g/mol. The highest BCUT2D eigenvalue weighted by Gasteiger charge is 2.21. The van der Waals surface area contributed by atoms with Gasteiger partial charge < -0.3 is 5.32 Å². The van der Waals surface area contributed by atoms with E-state index >= 15 is 0 Å². The Labute approximate surface area is 104 Å². The van der Waals surface area contributed by atoms with Crippen LogP contribution < -0.4 is 5.32 Å². The fourth-order valence-electron chi connectivity index (χ4n) is 1.20. The Morgan fingerprint density at radius 3 is 2.28 bits per heavy atom. The second-order valence-corrected chi connectivity index (χ2v) is 4.98. The number of halogens is 2. The highest BCUT2D eigenvalue weighted by Crippen LogP contribution is 2.13. The summed E-state index contributed by atoms with van der Waals surface area (Å²) in [5, 5.41) is 2.45. The molecular weight excluding hydrogens is 240 g/mol. The third kappa shape index (κ3) is 3.61. The Hall–Kier alpha value is -1.78. The molecule has 0 aliphatic heterocycles. The van der Waals surface area contributed by atoms with Crippen molar-refractivity contribution in [2.45, 2.75) is 20.8 Å². The highest BCUT2D eigenvalue weighted by atomic mass is 19.2. The van der Waals surface area contributed by atoms with Gasteiger partial charge in [-0.1, -0.05) is 20.8 Å². The van der Waals surface area contributed by atoms with E-state index in [-0.39, 0.29) is 18.0 Å². The molecule has 98 valence electrons. The van der Waals surface area contributed by atoms with Crippen LogP contribution in [0, 0.1) is 17.0 Å². The molecule has 0 fully saturated rings. The minimum absolute atomic E-state index is 0.0307. The van der Waals surface area contributed by atoms with Gasteiger partial charge in [-0.05, 0) is 18.2 Å². The van der Waals surface area contributed by atoms with Gasteiger partial charge in [-0.3, -0.25) is 9.59 Å². The summed E-state index contributed by atoms with van der Waals surface area (Å²) in [4.78, 5) is 23.2.